The normalized spacial score (nSPS) is 29.6. The third-order valence-electron chi connectivity index (χ3n) is 5.14. The summed E-state index contributed by atoms with van der Waals surface area (Å²) in [7, 11) is 2.20. The molecule has 1 aliphatic heterocycles. The first-order chi connectivity index (χ1) is 9.69. The zero-order valence-corrected chi connectivity index (χ0v) is 13.2. The minimum Gasteiger partial charge on any atom is -0.396 e. The number of aliphatic hydroxyl groups excluding tert-OH is 1. The molecule has 0 radical (unpaired) electrons. The molecule has 1 aromatic heterocycles. The fourth-order valence-electron chi connectivity index (χ4n) is 4.23. The predicted octanol–water partition coefficient (Wildman–Crippen LogP) is 2.88. The molecule has 3 atom stereocenters. The third-order valence-corrected chi connectivity index (χ3v) is 5.82. The number of likely N-dealkylation sites (tertiary alicyclic amines) is 1. The Morgan fingerprint density at radius 3 is 3.10 bits per heavy atom. The highest BCUT2D eigenvalue weighted by atomic mass is 79.9. The summed E-state index contributed by atoms with van der Waals surface area (Å²) >= 11 is 3.69. The first-order valence-corrected chi connectivity index (χ1v) is 8.08. The lowest BCUT2D eigenvalue weighted by molar-refractivity contribution is 0.0771. The number of rotatable bonds is 1. The fourth-order valence-corrected chi connectivity index (χ4v) is 4.80. The van der Waals surface area contributed by atoms with Crippen molar-refractivity contribution in [3.05, 3.63) is 33.9 Å². The van der Waals surface area contributed by atoms with Gasteiger partial charge in [0.05, 0.1) is 4.60 Å². The van der Waals surface area contributed by atoms with E-state index in [1.165, 1.54) is 22.0 Å². The molecule has 3 nitrogen and oxygen atoms in total. The number of hydrogen-bond acceptors (Lipinski definition) is 2. The molecule has 4 rings (SSSR count). The number of fused-ring (bicyclic) bond motifs is 2. The largest absolute Gasteiger partial charge is 0.396 e. The molecule has 4 heteroatoms. The van der Waals surface area contributed by atoms with Crippen LogP contribution in [0.3, 0.4) is 0 Å². The van der Waals surface area contributed by atoms with E-state index in [0.717, 1.165) is 24.0 Å². The second-order valence-corrected chi connectivity index (χ2v) is 7.08. The number of aromatic nitrogens is 1. The number of aliphatic hydroxyl groups is 1. The Balaban J connectivity index is 1.89. The number of hydrogen-bond donors (Lipinski definition) is 2. The van der Waals surface area contributed by atoms with E-state index in [2.05, 4.69) is 51.1 Å². The van der Waals surface area contributed by atoms with Crippen LogP contribution in [0, 0.1) is 5.92 Å². The van der Waals surface area contributed by atoms with Gasteiger partial charge in [0.1, 0.15) is 0 Å². The molecule has 0 unspecified atom stereocenters. The summed E-state index contributed by atoms with van der Waals surface area (Å²) in [6, 6.07) is 7.14. The molecular formula is C16H19BrN2O. The van der Waals surface area contributed by atoms with Crippen molar-refractivity contribution in [1.82, 2.24) is 9.88 Å². The van der Waals surface area contributed by atoms with Crippen LogP contribution >= 0.6 is 15.9 Å². The highest BCUT2D eigenvalue weighted by Gasteiger charge is 2.39. The highest BCUT2D eigenvalue weighted by Crippen LogP contribution is 2.46. The molecule has 0 saturated carbocycles. The SMILES string of the molecule is CN1C[C@@H](CO)C[C@@H]2c3cccc4[nH]c(Br)c(c34)C[C@H]21. The fraction of sp³-hybridized carbons (Fsp3) is 0.500. The molecule has 0 bridgehead atoms. The number of benzene rings is 1. The first kappa shape index (κ1) is 12.9. The zero-order chi connectivity index (χ0) is 13.9. The zero-order valence-electron chi connectivity index (χ0n) is 11.6. The lowest BCUT2D eigenvalue weighted by Crippen LogP contribution is -2.48. The molecule has 2 aromatic rings. The van der Waals surface area contributed by atoms with Crippen LogP contribution in [0.25, 0.3) is 10.9 Å². The molecule has 2 heterocycles. The summed E-state index contributed by atoms with van der Waals surface area (Å²) in [5, 5.41) is 11.0. The van der Waals surface area contributed by atoms with Gasteiger partial charge in [0.25, 0.3) is 0 Å². The first-order valence-electron chi connectivity index (χ1n) is 7.29. The van der Waals surface area contributed by atoms with E-state index in [0.29, 0.717) is 24.5 Å². The second-order valence-electron chi connectivity index (χ2n) is 6.29. The maximum atomic E-state index is 9.55. The maximum absolute atomic E-state index is 9.55. The van der Waals surface area contributed by atoms with Crippen LogP contribution in [0.4, 0.5) is 0 Å². The van der Waals surface area contributed by atoms with Crippen LogP contribution in [0.1, 0.15) is 23.5 Å². The topological polar surface area (TPSA) is 39.3 Å². The molecule has 106 valence electrons. The van der Waals surface area contributed by atoms with E-state index in [4.69, 9.17) is 0 Å². The van der Waals surface area contributed by atoms with Crippen molar-refractivity contribution in [2.24, 2.45) is 5.92 Å². The summed E-state index contributed by atoms with van der Waals surface area (Å²) in [6.45, 7) is 1.30. The van der Waals surface area contributed by atoms with Crippen molar-refractivity contribution in [3.63, 3.8) is 0 Å². The van der Waals surface area contributed by atoms with Crippen LogP contribution in [0.2, 0.25) is 0 Å². The summed E-state index contributed by atoms with van der Waals surface area (Å²) in [5.41, 5.74) is 4.11. The van der Waals surface area contributed by atoms with Gasteiger partial charge in [0.15, 0.2) is 0 Å². The Morgan fingerprint density at radius 1 is 1.45 bits per heavy atom. The molecule has 1 aromatic carbocycles. The predicted molar refractivity (Wildman–Crippen MR) is 84.1 cm³/mol. The van der Waals surface area contributed by atoms with Crippen molar-refractivity contribution >= 4 is 26.8 Å². The Hall–Kier alpha value is -0.840. The molecule has 0 amide bonds. The van der Waals surface area contributed by atoms with Crippen LogP contribution < -0.4 is 0 Å². The van der Waals surface area contributed by atoms with Crippen molar-refractivity contribution in [2.75, 3.05) is 20.2 Å². The van der Waals surface area contributed by atoms with Gasteiger partial charge >= 0.3 is 0 Å². The van der Waals surface area contributed by atoms with Crippen molar-refractivity contribution in [2.45, 2.75) is 24.8 Å². The smallest absolute Gasteiger partial charge is 0.0864 e. The van der Waals surface area contributed by atoms with Crippen LogP contribution in [0.5, 0.6) is 0 Å². The summed E-state index contributed by atoms with van der Waals surface area (Å²) < 4.78 is 1.14. The van der Waals surface area contributed by atoms with Gasteiger partial charge in [0, 0.05) is 36.0 Å². The molecule has 20 heavy (non-hydrogen) atoms. The van der Waals surface area contributed by atoms with E-state index in [1.54, 1.807) is 0 Å². The number of nitrogens with zero attached hydrogens (tertiary/aromatic N) is 1. The van der Waals surface area contributed by atoms with E-state index < -0.39 is 0 Å². The molecule has 1 fully saturated rings. The average Bonchev–Trinajstić information content (AvgIpc) is 2.77. The molecule has 1 aliphatic carbocycles. The van der Waals surface area contributed by atoms with E-state index in [9.17, 15) is 5.11 Å². The molecule has 1 saturated heterocycles. The Bertz CT molecular complexity index is 666. The van der Waals surface area contributed by atoms with Gasteiger partial charge in [-0.3, -0.25) is 0 Å². The van der Waals surface area contributed by atoms with Crippen molar-refractivity contribution < 1.29 is 5.11 Å². The van der Waals surface area contributed by atoms with Gasteiger partial charge in [-0.15, -0.1) is 0 Å². The quantitative estimate of drug-likeness (QED) is 0.841. The molecular weight excluding hydrogens is 316 g/mol. The minimum atomic E-state index is 0.299. The van der Waals surface area contributed by atoms with Crippen LogP contribution in [-0.2, 0) is 6.42 Å². The van der Waals surface area contributed by atoms with Gasteiger partial charge in [0.2, 0.25) is 0 Å². The molecule has 2 N–H and O–H groups in total. The van der Waals surface area contributed by atoms with Crippen LogP contribution in [-0.4, -0.2) is 41.2 Å². The third kappa shape index (κ3) is 1.71. The van der Waals surface area contributed by atoms with Gasteiger partial charge < -0.3 is 15.0 Å². The van der Waals surface area contributed by atoms with Crippen molar-refractivity contribution in [1.29, 1.82) is 0 Å². The Morgan fingerprint density at radius 2 is 2.30 bits per heavy atom. The molecule has 2 aliphatic rings. The lowest BCUT2D eigenvalue weighted by atomic mass is 9.72. The van der Waals surface area contributed by atoms with Crippen LogP contribution in [0.15, 0.2) is 22.8 Å². The maximum Gasteiger partial charge on any atom is 0.0864 e. The Kier molecular flexibility index (Phi) is 2.95. The molecule has 0 spiro atoms. The number of H-pyrrole nitrogens is 1. The lowest BCUT2D eigenvalue weighted by Gasteiger charge is -2.45. The second kappa shape index (κ2) is 4.58. The van der Waals surface area contributed by atoms with E-state index in [1.807, 2.05) is 0 Å². The standard InChI is InChI=1S/C16H19BrN2O/c1-19-7-9(8-20)5-11-10-3-2-4-13-15(10)12(6-14(11)19)16(17)18-13/h2-4,9,11,14,18,20H,5-8H2,1H3/t9-,11+,14+/m0/s1. The number of halogens is 1. The van der Waals surface area contributed by atoms with Crippen molar-refractivity contribution in [3.8, 4) is 0 Å². The highest BCUT2D eigenvalue weighted by molar-refractivity contribution is 9.10. The summed E-state index contributed by atoms with van der Waals surface area (Å²) in [6.07, 6.45) is 2.20. The Labute approximate surface area is 127 Å². The summed E-state index contributed by atoms with van der Waals surface area (Å²) in [4.78, 5) is 5.90. The number of nitrogens with one attached hydrogen (secondary N) is 1. The van der Waals surface area contributed by atoms with E-state index >= 15 is 0 Å². The van der Waals surface area contributed by atoms with E-state index in [-0.39, 0.29) is 0 Å². The van der Waals surface area contributed by atoms with Gasteiger partial charge in [-0.05, 0) is 58.9 Å². The van der Waals surface area contributed by atoms with Gasteiger partial charge in [-0.2, -0.15) is 0 Å². The number of piperidine rings is 1. The van der Waals surface area contributed by atoms with Gasteiger partial charge in [-0.25, -0.2) is 0 Å². The average molecular weight is 335 g/mol. The van der Waals surface area contributed by atoms with Gasteiger partial charge in [-0.1, -0.05) is 12.1 Å². The summed E-state index contributed by atoms with van der Waals surface area (Å²) in [5.74, 6) is 0.949. The number of likely N-dealkylation sites (N-methyl/N-ethyl adjacent to an activating group) is 1. The number of aromatic amines is 1. The monoisotopic (exact) mass is 334 g/mol. The minimum absolute atomic E-state index is 0.299.